The summed E-state index contributed by atoms with van der Waals surface area (Å²) in [6.07, 6.45) is 3.26. The number of rotatable bonds is 8. The van der Waals surface area contributed by atoms with E-state index in [4.69, 9.17) is 21.3 Å². The van der Waals surface area contributed by atoms with Crippen LogP contribution in [0.5, 0.6) is 5.88 Å². The maximum Gasteiger partial charge on any atom is 0.246 e. The molecule has 42 heavy (non-hydrogen) atoms. The van der Waals surface area contributed by atoms with Crippen LogP contribution < -0.4 is 9.64 Å². The van der Waals surface area contributed by atoms with Crippen molar-refractivity contribution >= 4 is 41.3 Å². The Kier molecular flexibility index (Phi) is 9.52. The predicted molar refractivity (Wildman–Crippen MR) is 161 cm³/mol. The van der Waals surface area contributed by atoms with E-state index < -0.39 is 5.82 Å². The van der Waals surface area contributed by atoms with Gasteiger partial charge in [-0.3, -0.25) is 19.5 Å². The van der Waals surface area contributed by atoms with Crippen LogP contribution >= 0.6 is 11.6 Å². The number of ether oxygens (including phenoxy) is 1. The molecule has 2 aromatic heterocycles. The number of hydrogen-bond donors (Lipinski definition) is 0. The van der Waals surface area contributed by atoms with Crippen LogP contribution in [-0.4, -0.2) is 82.7 Å². The first-order chi connectivity index (χ1) is 20.2. The van der Waals surface area contributed by atoms with Crippen LogP contribution in [0.1, 0.15) is 37.9 Å². The molecule has 4 rings (SSSR count). The molecule has 10 nitrogen and oxygen atoms in total. The first kappa shape index (κ1) is 30.6. The number of amides is 2. The molecule has 1 aliphatic rings. The van der Waals surface area contributed by atoms with Gasteiger partial charge in [-0.15, -0.1) is 0 Å². The molecule has 0 spiro atoms. The SMILES string of the molecule is C=CC(=O)N1CCN(C(=NC)c2cc(Cl)c(-c3ccccc3F)nc2N(C=O)c2c(OC)ncnc2C(C)C)[C@@H](C)C1. The Balaban J connectivity index is 1.97. The summed E-state index contributed by atoms with van der Waals surface area (Å²) in [7, 11) is 3.08. The molecule has 1 fully saturated rings. The third-order valence-electron chi connectivity index (χ3n) is 7.06. The number of aliphatic imine (C=N–C) groups is 1. The summed E-state index contributed by atoms with van der Waals surface area (Å²) >= 11 is 6.78. The first-order valence-corrected chi connectivity index (χ1v) is 13.8. The van der Waals surface area contributed by atoms with Gasteiger partial charge in [0.2, 0.25) is 18.2 Å². The zero-order valence-corrected chi connectivity index (χ0v) is 25.0. The van der Waals surface area contributed by atoms with Crippen molar-refractivity contribution in [1.82, 2.24) is 24.8 Å². The van der Waals surface area contributed by atoms with E-state index in [0.29, 0.717) is 48.8 Å². The number of anilines is 2. The van der Waals surface area contributed by atoms with E-state index >= 15 is 0 Å². The third kappa shape index (κ3) is 5.82. The smallest absolute Gasteiger partial charge is 0.246 e. The average molecular weight is 594 g/mol. The maximum absolute atomic E-state index is 15.0. The molecule has 3 heterocycles. The summed E-state index contributed by atoms with van der Waals surface area (Å²) in [5.41, 5.74) is 1.58. The molecule has 0 saturated carbocycles. The van der Waals surface area contributed by atoms with E-state index in [9.17, 15) is 14.0 Å². The summed E-state index contributed by atoms with van der Waals surface area (Å²) in [4.78, 5) is 48.4. The zero-order chi connectivity index (χ0) is 30.6. The highest BCUT2D eigenvalue weighted by atomic mass is 35.5. The van der Waals surface area contributed by atoms with E-state index in [1.54, 1.807) is 36.2 Å². The number of halogens is 2. The standard InChI is InChI=1S/C30H33ClFN7O3/c1-7-24(41)37-12-13-38(19(4)15-37)28(33-5)21-14-22(31)26(20-10-8-9-11-23(20)32)36-29(21)39(17-40)27-25(18(2)3)34-16-35-30(27)42-6/h7-11,14,16-19H,1,12-13,15H2,2-6H3/t19-/m0/s1. The first-order valence-electron chi connectivity index (χ1n) is 13.4. The van der Waals surface area contributed by atoms with Crippen LogP contribution in [-0.2, 0) is 9.59 Å². The average Bonchev–Trinajstić information content (AvgIpc) is 2.99. The number of benzene rings is 1. The van der Waals surface area contributed by atoms with Gasteiger partial charge in [-0.25, -0.2) is 14.4 Å². The number of carbonyl (C=O) groups is 2. The highest BCUT2D eigenvalue weighted by molar-refractivity contribution is 6.33. The Morgan fingerprint density at radius 3 is 2.62 bits per heavy atom. The van der Waals surface area contributed by atoms with Crippen molar-refractivity contribution in [1.29, 1.82) is 0 Å². The number of methoxy groups -OCH3 is 1. The molecular weight excluding hydrogens is 561 g/mol. The van der Waals surface area contributed by atoms with E-state index in [1.807, 2.05) is 25.7 Å². The predicted octanol–water partition coefficient (Wildman–Crippen LogP) is 4.85. The number of pyridine rings is 1. The van der Waals surface area contributed by atoms with Crippen LogP contribution in [0, 0.1) is 5.82 Å². The quantitative estimate of drug-likeness (QED) is 0.159. The minimum absolute atomic E-state index is 0.115. The highest BCUT2D eigenvalue weighted by Crippen LogP contribution is 2.40. The van der Waals surface area contributed by atoms with Gasteiger partial charge in [0, 0.05) is 38.3 Å². The molecule has 0 radical (unpaired) electrons. The third-order valence-corrected chi connectivity index (χ3v) is 7.34. The fourth-order valence-corrected chi connectivity index (χ4v) is 5.31. The largest absolute Gasteiger partial charge is 0.479 e. The fourth-order valence-electron chi connectivity index (χ4n) is 5.06. The monoisotopic (exact) mass is 593 g/mol. The van der Waals surface area contributed by atoms with Crippen LogP contribution in [0.3, 0.4) is 0 Å². The molecule has 0 N–H and O–H groups in total. The lowest BCUT2D eigenvalue weighted by Crippen LogP contribution is -2.55. The van der Waals surface area contributed by atoms with Crippen molar-refractivity contribution in [2.24, 2.45) is 4.99 Å². The van der Waals surface area contributed by atoms with Crippen LogP contribution in [0.2, 0.25) is 5.02 Å². The number of carbonyl (C=O) groups excluding carboxylic acids is 2. The van der Waals surface area contributed by atoms with Gasteiger partial charge in [0.05, 0.1) is 29.1 Å². The van der Waals surface area contributed by atoms with Gasteiger partial charge < -0.3 is 14.5 Å². The Hall–Kier alpha value is -4.38. The maximum atomic E-state index is 15.0. The van der Waals surface area contributed by atoms with E-state index in [1.165, 1.54) is 30.5 Å². The number of amidine groups is 1. The second-order valence-corrected chi connectivity index (χ2v) is 10.4. The summed E-state index contributed by atoms with van der Waals surface area (Å²) in [5, 5.41) is 0.166. The van der Waals surface area contributed by atoms with E-state index in [2.05, 4.69) is 21.5 Å². The number of hydrogen-bond acceptors (Lipinski definition) is 7. The van der Waals surface area contributed by atoms with Gasteiger partial charge in [0.25, 0.3) is 0 Å². The molecule has 220 valence electrons. The molecule has 0 unspecified atom stereocenters. The van der Waals surface area contributed by atoms with Crippen molar-refractivity contribution in [3.8, 4) is 17.1 Å². The Labute approximate surface area is 249 Å². The van der Waals surface area contributed by atoms with Gasteiger partial charge in [0.15, 0.2) is 5.82 Å². The molecule has 0 bridgehead atoms. The minimum atomic E-state index is -0.521. The molecule has 1 atom stereocenters. The molecule has 1 aromatic carbocycles. The van der Waals surface area contributed by atoms with Crippen LogP contribution in [0.4, 0.5) is 15.9 Å². The van der Waals surface area contributed by atoms with Crippen molar-refractivity contribution in [3.63, 3.8) is 0 Å². The Morgan fingerprint density at radius 2 is 2.02 bits per heavy atom. The van der Waals surface area contributed by atoms with Crippen LogP contribution in [0.25, 0.3) is 11.3 Å². The minimum Gasteiger partial charge on any atom is -0.479 e. The van der Waals surface area contributed by atoms with Gasteiger partial charge in [0.1, 0.15) is 23.7 Å². The second-order valence-electron chi connectivity index (χ2n) is 9.99. The molecule has 1 saturated heterocycles. The van der Waals surface area contributed by atoms with Gasteiger partial charge in [-0.05, 0) is 37.1 Å². The molecule has 12 heteroatoms. The lowest BCUT2D eigenvalue weighted by molar-refractivity contribution is -0.128. The lowest BCUT2D eigenvalue weighted by atomic mass is 10.0. The van der Waals surface area contributed by atoms with E-state index in [0.717, 1.165) is 0 Å². The van der Waals surface area contributed by atoms with E-state index in [-0.39, 0.29) is 45.8 Å². The van der Waals surface area contributed by atoms with Gasteiger partial charge >= 0.3 is 0 Å². The lowest BCUT2D eigenvalue weighted by Gasteiger charge is -2.41. The highest BCUT2D eigenvalue weighted by Gasteiger charge is 2.33. The molecule has 0 aliphatic carbocycles. The second kappa shape index (κ2) is 13.1. The number of piperazine rings is 1. The van der Waals surface area contributed by atoms with Crippen molar-refractivity contribution in [2.45, 2.75) is 32.7 Å². The number of nitrogens with zero attached hydrogens (tertiary/aromatic N) is 7. The molecule has 2 amide bonds. The zero-order valence-electron chi connectivity index (χ0n) is 24.2. The normalized spacial score (nSPS) is 15.5. The van der Waals surface area contributed by atoms with Gasteiger partial charge in [-0.1, -0.05) is 44.2 Å². The topological polar surface area (TPSA) is 104 Å². The Bertz CT molecular complexity index is 1530. The van der Waals surface area contributed by atoms with Crippen molar-refractivity contribution in [2.75, 3.05) is 38.7 Å². The summed E-state index contributed by atoms with van der Waals surface area (Å²) in [6.45, 7) is 10.8. The number of aromatic nitrogens is 3. The summed E-state index contributed by atoms with van der Waals surface area (Å²) < 4.78 is 20.5. The molecule has 1 aliphatic heterocycles. The fraction of sp³-hybridized carbons (Fsp3) is 0.333. The van der Waals surface area contributed by atoms with Gasteiger partial charge in [-0.2, -0.15) is 4.98 Å². The summed E-state index contributed by atoms with van der Waals surface area (Å²) in [5.74, 6) is 0.00620. The summed E-state index contributed by atoms with van der Waals surface area (Å²) in [6, 6.07) is 7.61. The Morgan fingerprint density at radius 1 is 1.29 bits per heavy atom. The molecular formula is C30H33ClFN7O3. The van der Waals surface area contributed by atoms with Crippen molar-refractivity contribution in [3.05, 3.63) is 71.4 Å². The van der Waals surface area contributed by atoms with Crippen molar-refractivity contribution < 1.29 is 18.7 Å². The molecule has 3 aromatic rings. The van der Waals surface area contributed by atoms with Crippen LogP contribution in [0.15, 0.2) is 54.3 Å².